The SMILES string of the molecule is CCC(CC)(OC)C(Cc1cc(C)ccc1OC)NC. The summed E-state index contributed by atoms with van der Waals surface area (Å²) in [4.78, 5) is 0. The van der Waals surface area contributed by atoms with Gasteiger partial charge in [-0.2, -0.15) is 0 Å². The fraction of sp³-hybridized carbons (Fsp3) is 0.647. The van der Waals surface area contributed by atoms with Crippen LogP contribution in [0.25, 0.3) is 0 Å². The molecule has 0 aliphatic carbocycles. The molecule has 20 heavy (non-hydrogen) atoms. The number of methoxy groups -OCH3 is 2. The number of hydrogen-bond donors (Lipinski definition) is 1. The highest BCUT2D eigenvalue weighted by Gasteiger charge is 2.35. The first-order chi connectivity index (χ1) is 9.56. The van der Waals surface area contributed by atoms with Gasteiger partial charge in [0.05, 0.1) is 12.7 Å². The van der Waals surface area contributed by atoms with Gasteiger partial charge in [0.1, 0.15) is 5.75 Å². The molecule has 1 rings (SSSR count). The van der Waals surface area contributed by atoms with E-state index in [4.69, 9.17) is 9.47 Å². The molecule has 0 aliphatic heterocycles. The molecule has 0 amide bonds. The van der Waals surface area contributed by atoms with Crippen LogP contribution in [0.15, 0.2) is 18.2 Å². The minimum absolute atomic E-state index is 0.135. The smallest absolute Gasteiger partial charge is 0.122 e. The normalized spacial score (nSPS) is 13.3. The van der Waals surface area contributed by atoms with Gasteiger partial charge in [-0.1, -0.05) is 31.5 Å². The maximum atomic E-state index is 5.86. The van der Waals surface area contributed by atoms with E-state index >= 15 is 0 Å². The van der Waals surface area contributed by atoms with Crippen LogP contribution in [0.5, 0.6) is 5.75 Å². The number of aryl methyl sites for hydroxylation is 1. The largest absolute Gasteiger partial charge is 0.496 e. The van der Waals surface area contributed by atoms with Crippen molar-refractivity contribution in [2.45, 2.75) is 51.7 Å². The van der Waals surface area contributed by atoms with Crippen molar-refractivity contribution in [2.75, 3.05) is 21.3 Å². The molecule has 0 spiro atoms. The number of rotatable bonds is 8. The lowest BCUT2D eigenvalue weighted by Crippen LogP contribution is -2.51. The quantitative estimate of drug-likeness (QED) is 0.791. The summed E-state index contributed by atoms with van der Waals surface area (Å²) in [6.45, 7) is 6.48. The third kappa shape index (κ3) is 3.53. The Labute approximate surface area is 123 Å². The van der Waals surface area contributed by atoms with E-state index < -0.39 is 0 Å². The summed E-state index contributed by atoms with van der Waals surface area (Å²) in [7, 11) is 5.54. The number of benzene rings is 1. The first kappa shape index (κ1) is 17.0. The minimum Gasteiger partial charge on any atom is -0.496 e. The predicted molar refractivity (Wildman–Crippen MR) is 84.6 cm³/mol. The zero-order valence-electron chi connectivity index (χ0n) is 13.7. The Morgan fingerprint density at radius 1 is 1.20 bits per heavy atom. The Balaban J connectivity index is 3.07. The maximum Gasteiger partial charge on any atom is 0.122 e. The molecule has 0 heterocycles. The van der Waals surface area contributed by atoms with Crippen molar-refractivity contribution in [1.29, 1.82) is 0 Å². The summed E-state index contributed by atoms with van der Waals surface area (Å²) in [5, 5.41) is 3.43. The van der Waals surface area contributed by atoms with Crippen LogP contribution >= 0.6 is 0 Å². The highest BCUT2D eigenvalue weighted by molar-refractivity contribution is 5.37. The summed E-state index contributed by atoms with van der Waals surface area (Å²) >= 11 is 0. The lowest BCUT2D eigenvalue weighted by molar-refractivity contribution is -0.0455. The van der Waals surface area contributed by atoms with Crippen LogP contribution in [0, 0.1) is 6.92 Å². The first-order valence-electron chi connectivity index (χ1n) is 7.42. The Bertz CT molecular complexity index is 405. The van der Waals surface area contributed by atoms with Crippen LogP contribution in [0.4, 0.5) is 0 Å². The Hall–Kier alpha value is -1.06. The van der Waals surface area contributed by atoms with Gasteiger partial charge < -0.3 is 14.8 Å². The first-order valence-corrected chi connectivity index (χ1v) is 7.42. The van der Waals surface area contributed by atoms with Crippen LogP contribution < -0.4 is 10.1 Å². The molecule has 0 aliphatic rings. The third-order valence-corrected chi connectivity index (χ3v) is 4.45. The number of nitrogens with one attached hydrogen (secondary N) is 1. The van der Waals surface area contributed by atoms with Gasteiger partial charge in [0.2, 0.25) is 0 Å². The molecular weight excluding hydrogens is 250 g/mol. The summed E-state index contributed by atoms with van der Waals surface area (Å²) in [5.74, 6) is 0.952. The van der Waals surface area contributed by atoms with E-state index in [-0.39, 0.29) is 11.6 Å². The average Bonchev–Trinajstić information content (AvgIpc) is 2.48. The van der Waals surface area contributed by atoms with E-state index in [2.05, 4.69) is 38.2 Å². The van der Waals surface area contributed by atoms with Crippen molar-refractivity contribution in [3.05, 3.63) is 29.3 Å². The molecule has 0 radical (unpaired) electrons. The summed E-state index contributed by atoms with van der Waals surface area (Å²) in [6, 6.07) is 6.59. The molecule has 1 N–H and O–H groups in total. The van der Waals surface area contributed by atoms with E-state index in [1.165, 1.54) is 11.1 Å². The van der Waals surface area contributed by atoms with E-state index in [0.717, 1.165) is 25.0 Å². The zero-order chi connectivity index (χ0) is 15.2. The predicted octanol–water partition coefficient (Wildman–Crippen LogP) is 3.34. The van der Waals surface area contributed by atoms with Gasteiger partial charge in [0.25, 0.3) is 0 Å². The molecule has 3 heteroatoms. The summed E-state index contributed by atoms with van der Waals surface area (Å²) < 4.78 is 11.4. The molecule has 1 aromatic carbocycles. The van der Waals surface area contributed by atoms with Crippen LogP contribution in [0.3, 0.4) is 0 Å². The molecule has 3 nitrogen and oxygen atoms in total. The maximum absolute atomic E-state index is 5.86. The lowest BCUT2D eigenvalue weighted by atomic mass is 9.84. The van der Waals surface area contributed by atoms with E-state index in [1.54, 1.807) is 7.11 Å². The van der Waals surface area contributed by atoms with E-state index in [1.807, 2.05) is 20.2 Å². The van der Waals surface area contributed by atoms with Crippen LogP contribution in [0.1, 0.15) is 37.8 Å². The molecule has 0 saturated carbocycles. The van der Waals surface area contributed by atoms with E-state index in [9.17, 15) is 0 Å². The number of hydrogen-bond acceptors (Lipinski definition) is 3. The topological polar surface area (TPSA) is 30.5 Å². The lowest BCUT2D eigenvalue weighted by Gasteiger charge is -2.38. The van der Waals surface area contributed by atoms with Gasteiger partial charge >= 0.3 is 0 Å². The standard InChI is InChI=1S/C17H29NO2/c1-7-17(8-2,20-6)16(18-4)12-14-11-13(3)9-10-15(14)19-5/h9-11,16,18H,7-8,12H2,1-6H3. The van der Waals surface area contributed by atoms with Crippen LogP contribution in [-0.4, -0.2) is 32.9 Å². The fourth-order valence-corrected chi connectivity index (χ4v) is 3.01. The van der Waals surface area contributed by atoms with Crippen LogP contribution in [-0.2, 0) is 11.2 Å². The second kappa shape index (κ2) is 7.65. The van der Waals surface area contributed by atoms with Gasteiger partial charge in [-0.15, -0.1) is 0 Å². The molecule has 0 aromatic heterocycles. The Morgan fingerprint density at radius 2 is 1.85 bits per heavy atom. The second-order valence-electron chi connectivity index (χ2n) is 5.34. The molecule has 114 valence electrons. The molecule has 0 bridgehead atoms. The van der Waals surface area contributed by atoms with Crippen LogP contribution in [0.2, 0.25) is 0 Å². The molecule has 1 unspecified atom stereocenters. The van der Waals surface area contributed by atoms with Crippen molar-refractivity contribution < 1.29 is 9.47 Å². The van der Waals surface area contributed by atoms with E-state index in [0.29, 0.717) is 0 Å². The van der Waals surface area contributed by atoms with Crippen molar-refractivity contribution in [3.8, 4) is 5.75 Å². The van der Waals surface area contributed by atoms with Gasteiger partial charge in [-0.3, -0.25) is 0 Å². The van der Waals surface area contributed by atoms with Gasteiger partial charge in [-0.05, 0) is 44.9 Å². The Kier molecular flexibility index (Phi) is 6.50. The molecule has 0 saturated heterocycles. The monoisotopic (exact) mass is 279 g/mol. The Morgan fingerprint density at radius 3 is 2.30 bits per heavy atom. The fourth-order valence-electron chi connectivity index (χ4n) is 3.01. The summed E-state index contributed by atoms with van der Waals surface area (Å²) in [6.07, 6.45) is 2.87. The van der Waals surface area contributed by atoms with Crippen molar-refractivity contribution in [3.63, 3.8) is 0 Å². The molecule has 1 atom stereocenters. The highest BCUT2D eigenvalue weighted by Crippen LogP contribution is 2.29. The summed E-state index contributed by atoms with van der Waals surface area (Å²) in [5.41, 5.74) is 2.35. The molecule has 1 aromatic rings. The van der Waals surface area contributed by atoms with Crippen molar-refractivity contribution >= 4 is 0 Å². The van der Waals surface area contributed by atoms with Crippen molar-refractivity contribution in [1.82, 2.24) is 5.32 Å². The van der Waals surface area contributed by atoms with Gasteiger partial charge in [0.15, 0.2) is 0 Å². The number of ether oxygens (including phenoxy) is 2. The third-order valence-electron chi connectivity index (χ3n) is 4.45. The minimum atomic E-state index is -0.135. The average molecular weight is 279 g/mol. The van der Waals surface area contributed by atoms with Gasteiger partial charge in [-0.25, -0.2) is 0 Å². The molecular formula is C17H29NO2. The van der Waals surface area contributed by atoms with Crippen molar-refractivity contribution in [2.24, 2.45) is 0 Å². The number of likely N-dealkylation sites (N-methyl/N-ethyl adjacent to an activating group) is 1. The highest BCUT2D eigenvalue weighted by atomic mass is 16.5. The molecule has 0 fully saturated rings. The van der Waals surface area contributed by atoms with Gasteiger partial charge in [0, 0.05) is 13.2 Å². The second-order valence-corrected chi connectivity index (χ2v) is 5.34. The zero-order valence-corrected chi connectivity index (χ0v) is 13.7.